The largest absolute Gasteiger partial charge is 0.407 e. The summed E-state index contributed by atoms with van der Waals surface area (Å²) in [4.78, 5) is 13.3. The lowest BCUT2D eigenvalue weighted by Crippen LogP contribution is -2.34. The highest BCUT2D eigenvalue weighted by atomic mass is 16.5. The maximum absolute atomic E-state index is 13.3. The van der Waals surface area contributed by atoms with Crippen LogP contribution in [0.5, 0.6) is 5.88 Å². The maximum atomic E-state index is 13.3. The van der Waals surface area contributed by atoms with Crippen molar-refractivity contribution in [1.82, 2.24) is 9.78 Å². The van der Waals surface area contributed by atoms with Crippen LogP contribution in [0.3, 0.4) is 0 Å². The first kappa shape index (κ1) is 18.4. The number of esters is 1. The smallest absolute Gasteiger partial charge is 0.316 e. The molecule has 0 spiro atoms. The molecule has 0 N–H and O–H groups in total. The number of hydrogen-bond acceptors (Lipinski definition) is 3. The topological polar surface area (TPSA) is 44.1 Å². The van der Waals surface area contributed by atoms with E-state index in [0.717, 1.165) is 28.1 Å². The van der Waals surface area contributed by atoms with Gasteiger partial charge in [0.15, 0.2) is 0 Å². The molecule has 0 saturated heterocycles. The van der Waals surface area contributed by atoms with Crippen LogP contribution in [0.25, 0.3) is 5.69 Å². The average molecular weight is 394 g/mol. The fraction of sp³-hybridized carbons (Fsp3) is 0.154. The van der Waals surface area contributed by atoms with E-state index in [0.29, 0.717) is 12.3 Å². The predicted molar refractivity (Wildman–Crippen MR) is 116 cm³/mol. The number of para-hydroxylation sites is 1. The van der Waals surface area contributed by atoms with Gasteiger partial charge in [0.25, 0.3) is 0 Å². The number of aryl methyl sites for hydroxylation is 1. The average Bonchev–Trinajstić information content (AvgIpc) is 3.12. The predicted octanol–water partition coefficient (Wildman–Crippen LogP) is 5.09. The van der Waals surface area contributed by atoms with Crippen LogP contribution in [0, 0.1) is 12.8 Å². The van der Waals surface area contributed by atoms with Gasteiger partial charge in [-0.05, 0) is 36.6 Å². The molecule has 4 heteroatoms. The Hall–Kier alpha value is -3.66. The number of hydrogen-bond donors (Lipinski definition) is 0. The zero-order valence-electron chi connectivity index (χ0n) is 16.7. The number of rotatable bonds is 4. The molecular formula is C26H22N2O2. The molecule has 30 heavy (non-hydrogen) atoms. The number of ether oxygens (including phenoxy) is 1. The molecule has 2 heterocycles. The van der Waals surface area contributed by atoms with Gasteiger partial charge in [0.1, 0.15) is 0 Å². The molecule has 4 nitrogen and oxygen atoms in total. The summed E-state index contributed by atoms with van der Waals surface area (Å²) < 4.78 is 7.68. The van der Waals surface area contributed by atoms with Crippen LogP contribution in [0.15, 0.2) is 91.0 Å². The Morgan fingerprint density at radius 1 is 0.867 bits per heavy atom. The third-order valence-corrected chi connectivity index (χ3v) is 5.73. The van der Waals surface area contributed by atoms with Crippen LogP contribution in [-0.2, 0) is 11.2 Å². The Kier molecular flexibility index (Phi) is 4.68. The Bertz CT molecular complexity index is 1170. The number of carbonyl (C=O) groups is 1. The van der Waals surface area contributed by atoms with Crippen molar-refractivity contribution in [3.05, 3.63) is 113 Å². The number of aromatic nitrogens is 2. The summed E-state index contributed by atoms with van der Waals surface area (Å²) in [5.41, 5.74) is 4.98. The lowest BCUT2D eigenvalue weighted by atomic mass is 9.76. The normalized spacial score (nSPS) is 18.0. The van der Waals surface area contributed by atoms with Crippen molar-refractivity contribution in [3.8, 4) is 11.6 Å². The van der Waals surface area contributed by atoms with Crippen molar-refractivity contribution >= 4 is 5.97 Å². The molecule has 4 aromatic rings. The molecule has 1 aliphatic heterocycles. The molecule has 1 aromatic heterocycles. The van der Waals surface area contributed by atoms with Gasteiger partial charge in [0, 0.05) is 11.5 Å². The monoisotopic (exact) mass is 394 g/mol. The summed E-state index contributed by atoms with van der Waals surface area (Å²) in [6.07, 6.45) is 0.620. The molecular weight excluding hydrogens is 372 g/mol. The molecule has 0 amide bonds. The first-order valence-electron chi connectivity index (χ1n) is 10.2. The minimum Gasteiger partial charge on any atom is -0.407 e. The highest BCUT2D eigenvalue weighted by Gasteiger charge is 2.42. The molecule has 0 fully saturated rings. The molecule has 0 radical (unpaired) electrons. The fourth-order valence-electron chi connectivity index (χ4n) is 4.36. The number of benzene rings is 3. The van der Waals surface area contributed by atoms with Gasteiger partial charge in [-0.3, -0.25) is 4.79 Å². The van der Waals surface area contributed by atoms with E-state index in [1.54, 1.807) is 4.68 Å². The SMILES string of the molecule is Cc1nn(-c2ccccc2)c2c1[C@H](c1ccccc1)[C@H](Cc1ccccc1)C(=O)O2. The first-order chi connectivity index (χ1) is 14.7. The molecule has 0 unspecified atom stereocenters. The summed E-state index contributed by atoms with van der Waals surface area (Å²) in [5, 5.41) is 4.75. The van der Waals surface area contributed by atoms with Gasteiger partial charge in [0.2, 0.25) is 5.88 Å². The van der Waals surface area contributed by atoms with E-state index in [1.807, 2.05) is 73.7 Å². The van der Waals surface area contributed by atoms with Crippen molar-refractivity contribution in [1.29, 1.82) is 0 Å². The first-order valence-corrected chi connectivity index (χ1v) is 10.2. The van der Waals surface area contributed by atoms with Crippen molar-refractivity contribution in [3.63, 3.8) is 0 Å². The van der Waals surface area contributed by atoms with E-state index in [1.165, 1.54) is 0 Å². The molecule has 0 aliphatic carbocycles. The Morgan fingerprint density at radius 3 is 2.13 bits per heavy atom. The van der Waals surface area contributed by atoms with Gasteiger partial charge < -0.3 is 4.74 Å². The zero-order valence-corrected chi connectivity index (χ0v) is 16.7. The molecule has 0 saturated carbocycles. The highest BCUT2D eigenvalue weighted by Crippen LogP contribution is 2.45. The third kappa shape index (κ3) is 3.20. The molecule has 1 aliphatic rings. The van der Waals surface area contributed by atoms with Gasteiger partial charge in [-0.25, -0.2) is 4.68 Å². The molecule has 3 aromatic carbocycles. The van der Waals surface area contributed by atoms with Crippen molar-refractivity contribution < 1.29 is 9.53 Å². The van der Waals surface area contributed by atoms with Crippen LogP contribution in [0.2, 0.25) is 0 Å². The van der Waals surface area contributed by atoms with E-state index < -0.39 is 0 Å². The lowest BCUT2D eigenvalue weighted by Gasteiger charge is -2.31. The minimum atomic E-state index is -0.311. The van der Waals surface area contributed by atoms with Crippen LogP contribution in [-0.4, -0.2) is 15.7 Å². The molecule has 2 atom stereocenters. The summed E-state index contributed by atoms with van der Waals surface area (Å²) in [6, 6.07) is 30.1. The van der Waals surface area contributed by atoms with Crippen molar-refractivity contribution in [2.75, 3.05) is 0 Å². The van der Waals surface area contributed by atoms with Gasteiger partial charge >= 0.3 is 5.97 Å². The van der Waals surface area contributed by atoms with Crippen LogP contribution in [0.4, 0.5) is 0 Å². The van der Waals surface area contributed by atoms with Crippen LogP contribution < -0.4 is 4.74 Å². The van der Waals surface area contributed by atoms with E-state index >= 15 is 0 Å². The Balaban J connectivity index is 1.67. The van der Waals surface area contributed by atoms with Gasteiger partial charge in [0.05, 0.1) is 17.3 Å². The molecule has 5 rings (SSSR count). The zero-order chi connectivity index (χ0) is 20.5. The molecule has 0 bridgehead atoms. The lowest BCUT2D eigenvalue weighted by molar-refractivity contribution is -0.141. The van der Waals surface area contributed by atoms with Gasteiger partial charge in [-0.2, -0.15) is 5.10 Å². The van der Waals surface area contributed by atoms with Gasteiger partial charge in [-0.15, -0.1) is 0 Å². The second kappa shape index (κ2) is 7.64. The summed E-state index contributed by atoms with van der Waals surface area (Å²) >= 11 is 0. The fourth-order valence-corrected chi connectivity index (χ4v) is 4.36. The quantitative estimate of drug-likeness (QED) is 0.453. The van der Waals surface area contributed by atoms with E-state index in [-0.39, 0.29) is 17.8 Å². The van der Waals surface area contributed by atoms with E-state index in [4.69, 9.17) is 9.84 Å². The number of nitrogens with zero attached hydrogens (tertiary/aromatic N) is 2. The Morgan fingerprint density at radius 2 is 1.47 bits per heavy atom. The minimum absolute atomic E-state index is 0.111. The second-order valence-corrected chi connectivity index (χ2v) is 7.66. The molecule has 148 valence electrons. The van der Waals surface area contributed by atoms with E-state index in [9.17, 15) is 4.79 Å². The number of carbonyl (C=O) groups excluding carboxylic acids is 1. The second-order valence-electron chi connectivity index (χ2n) is 7.66. The van der Waals surface area contributed by atoms with Crippen molar-refractivity contribution in [2.45, 2.75) is 19.3 Å². The summed E-state index contributed by atoms with van der Waals surface area (Å²) in [6.45, 7) is 1.99. The standard InChI is InChI=1S/C26H22N2O2/c1-18-23-24(20-13-7-3-8-14-20)22(17-19-11-5-2-6-12-19)26(29)30-25(23)28(27-18)21-15-9-4-10-16-21/h2-16,22,24H,17H2,1H3/t22-,24+/m0/s1. The number of fused-ring (bicyclic) bond motifs is 1. The summed E-state index contributed by atoms with van der Waals surface area (Å²) in [5.74, 6) is -0.103. The van der Waals surface area contributed by atoms with Crippen molar-refractivity contribution in [2.24, 2.45) is 5.92 Å². The third-order valence-electron chi connectivity index (χ3n) is 5.73. The highest BCUT2D eigenvalue weighted by molar-refractivity contribution is 5.81. The van der Waals surface area contributed by atoms with Crippen LogP contribution in [0.1, 0.15) is 28.3 Å². The van der Waals surface area contributed by atoms with Gasteiger partial charge in [-0.1, -0.05) is 78.9 Å². The Labute approximate surface area is 175 Å². The van der Waals surface area contributed by atoms with Crippen LogP contribution >= 0.6 is 0 Å². The van der Waals surface area contributed by atoms with E-state index in [2.05, 4.69) is 24.3 Å². The summed E-state index contributed by atoms with van der Waals surface area (Å²) in [7, 11) is 0. The maximum Gasteiger partial charge on any atom is 0.316 e.